The van der Waals surface area contributed by atoms with Gasteiger partial charge in [0.25, 0.3) is 0 Å². The lowest BCUT2D eigenvalue weighted by atomic mass is 9.89. The van der Waals surface area contributed by atoms with Crippen molar-refractivity contribution in [3.8, 4) is 61.8 Å². The number of hydrogen-bond donors (Lipinski definition) is 0. The third-order valence-electron chi connectivity index (χ3n) is 10.9. The average molecular weight is 727 g/mol. The largest absolute Gasteiger partial charge is 0.292 e. The van der Waals surface area contributed by atoms with E-state index in [1.165, 1.54) is 27.1 Å². The molecule has 0 unspecified atom stereocenters. The first-order valence-corrected chi connectivity index (χ1v) is 19.3. The van der Waals surface area contributed by atoms with Gasteiger partial charge in [0, 0.05) is 22.4 Å². The van der Waals surface area contributed by atoms with E-state index >= 15 is 0 Å². The summed E-state index contributed by atoms with van der Waals surface area (Å²) in [5, 5.41) is 4.83. The maximum atomic E-state index is 5.35. The van der Waals surface area contributed by atoms with E-state index in [0.717, 1.165) is 78.3 Å². The molecular weight excluding hydrogens is 693 g/mol. The Bertz CT molecular complexity index is 3220. The van der Waals surface area contributed by atoms with E-state index in [1.807, 2.05) is 12.1 Å². The molecule has 57 heavy (non-hydrogen) atoms. The van der Waals surface area contributed by atoms with Gasteiger partial charge < -0.3 is 0 Å². The van der Waals surface area contributed by atoms with Gasteiger partial charge in [0.1, 0.15) is 5.82 Å². The van der Waals surface area contributed by atoms with Crippen LogP contribution in [0.15, 0.2) is 206 Å². The van der Waals surface area contributed by atoms with Gasteiger partial charge in [-0.25, -0.2) is 15.0 Å². The van der Waals surface area contributed by atoms with Gasteiger partial charge >= 0.3 is 0 Å². The first-order valence-electron chi connectivity index (χ1n) is 19.3. The molecule has 0 atom stereocenters. The summed E-state index contributed by atoms with van der Waals surface area (Å²) in [7, 11) is 0. The third-order valence-corrected chi connectivity index (χ3v) is 10.9. The van der Waals surface area contributed by atoms with E-state index < -0.39 is 0 Å². The van der Waals surface area contributed by atoms with Crippen LogP contribution in [0, 0.1) is 0 Å². The normalized spacial score (nSPS) is 11.5. The van der Waals surface area contributed by atoms with E-state index in [-0.39, 0.29) is 0 Å². The summed E-state index contributed by atoms with van der Waals surface area (Å²) < 4.78 is 2.28. The fraction of sp³-hybridized carbons (Fsp3) is 0. The maximum Gasteiger partial charge on any atom is 0.145 e. The Hall–Kier alpha value is -7.69. The van der Waals surface area contributed by atoms with Gasteiger partial charge in [-0.15, -0.1) is 0 Å². The smallest absolute Gasteiger partial charge is 0.145 e. The SMILES string of the molecule is c1ccc(-c2nc3ccc(-c4cc(-c5c6ccccc6cc6ccccc56)cc(-c5nc6ccccc6n5-c5ccccc5)c4)cc3nc2-c2ccccc2)cc1. The van der Waals surface area contributed by atoms with Crippen molar-refractivity contribution in [2.75, 3.05) is 0 Å². The van der Waals surface area contributed by atoms with Gasteiger partial charge in [0.15, 0.2) is 0 Å². The Labute approximate surface area is 330 Å². The van der Waals surface area contributed by atoms with Crippen LogP contribution in [0.1, 0.15) is 0 Å². The molecule has 2 heterocycles. The van der Waals surface area contributed by atoms with E-state index in [9.17, 15) is 0 Å². The van der Waals surface area contributed by atoms with E-state index in [1.54, 1.807) is 0 Å². The van der Waals surface area contributed by atoms with E-state index in [4.69, 9.17) is 15.0 Å². The third kappa shape index (κ3) is 5.74. The fourth-order valence-corrected chi connectivity index (χ4v) is 8.28. The Kier molecular flexibility index (Phi) is 7.78. The zero-order valence-electron chi connectivity index (χ0n) is 30.9. The molecule has 9 aromatic carbocycles. The van der Waals surface area contributed by atoms with Crippen LogP contribution in [-0.4, -0.2) is 19.5 Å². The number of benzene rings is 9. The molecule has 0 saturated heterocycles. The molecule has 11 aromatic rings. The molecule has 4 nitrogen and oxygen atoms in total. The van der Waals surface area contributed by atoms with Crippen LogP contribution in [-0.2, 0) is 0 Å². The lowest BCUT2D eigenvalue weighted by Gasteiger charge is -2.17. The minimum absolute atomic E-state index is 0.838. The fourth-order valence-electron chi connectivity index (χ4n) is 8.28. The summed E-state index contributed by atoms with van der Waals surface area (Å²) in [5.74, 6) is 0.884. The average Bonchev–Trinajstić information content (AvgIpc) is 3.68. The maximum absolute atomic E-state index is 5.35. The predicted octanol–water partition coefficient (Wildman–Crippen LogP) is 13.6. The Morgan fingerprint density at radius 1 is 0.316 bits per heavy atom. The molecule has 4 heteroatoms. The molecule has 0 fully saturated rings. The molecule has 0 amide bonds. The van der Waals surface area contributed by atoms with Crippen molar-refractivity contribution in [3.05, 3.63) is 206 Å². The topological polar surface area (TPSA) is 43.6 Å². The van der Waals surface area contributed by atoms with Crippen molar-refractivity contribution < 1.29 is 0 Å². The molecule has 0 N–H and O–H groups in total. The molecule has 0 spiro atoms. The zero-order valence-corrected chi connectivity index (χ0v) is 30.9. The second-order valence-electron chi connectivity index (χ2n) is 14.4. The van der Waals surface area contributed by atoms with Gasteiger partial charge in [-0.05, 0) is 104 Å². The van der Waals surface area contributed by atoms with Crippen LogP contribution >= 0.6 is 0 Å². The highest BCUT2D eigenvalue weighted by Gasteiger charge is 2.20. The lowest BCUT2D eigenvalue weighted by Crippen LogP contribution is -1.98. The van der Waals surface area contributed by atoms with Crippen molar-refractivity contribution in [2.24, 2.45) is 0 Å². The van der Waals surface area contributed by atoms with Crippen LogP contribution in [0.3, 0.4) is 0 Å². The van der Waals surface area contributed by atoms with Gasteiger partial charge in [-0.3, -0.25) is 4.57 Å². The number of hydrogen-bond acceptors (Lipinski definition) is 3. The number of aromatic nitrogens is 4. The second-order valence-corrected chi connectivity index (χ2v) is 14.4. The summed E-state index contributed by atoms with van der Waals surface area (Å²) in [5.41, 5.74) is 14.0. The summed E-state index contributed by atoms with van der Waals surface area (Å²) in [6.07, 6.45) is 0. The van der Waals surface area contributed by atoms with Crippen LogP contribution in [0.4, 0.5) is 0 Å². The summed E-state index contributed by atoms with van der Waals surface area (Å²) >= 11 is 0. The quantitative estimate of drug-likeness (QED) is 0.160. The Morgan fingerprint density at radius 3 is 1.54 bits per heavy atom. The molecule has 11 rings (SSSR count). The lowest BCUT2D eigenvalue weighted by molar-refractivity contribution is 1.10. The van der Waals surface area contributed by atoms with Crippen LogP contribution in [0.2, 0.25) is 0 Å². The molecule has 2 aromatic heterocycles. The number of fused-ring (bicyclic) bond motifs is 4. The highest BCUT2D eigenvalue weighted by Crippen LogP contribution is 2.42. The summed E-state index contributed by atoms with van der Waals surface area (Å²) in [6, 6.07) is 72.7. The van der Waals surface area contributed by atoms with Crippen LogP contribution in [0.25, 0.3) is 105 Å². The Morgan fingerprint density at radius 2 is 0.860 bits per heavy atom. The molecule has 0 radical (unpaired) electrons. The number of para-hydroxylation sites is 3. The van der Waals surface area contributed by atoms with Crippen molar-refractivity contribution in [1.29, 1.82) is 0 Å². The number of nitrogens with zero attached hydrogens (tertiary/aromatic N) is 4. The summed E-state index contributed by atoms with van der Waals surface area (Å²) in [6.45, 7) is 0. The first kappa shape index (κ1) is 32.7. The summed E-state index contributed by atoms with van der Waals surface area (Å²) in [4.78, 5) is 15.9. The van der Waals surface area contributed by atoms with Crippen LogP contribution in [0.5, 0.6) is 0 Å². The predicted molar refractivity (Wildman–Crippen MR) is 236 cm³/mol. The van der Waals surface area contributed by atoms with Crippen molar-refractivity contribution >= 4 is 43.6 Å². The van der Waals surface area contributed by atoms with Gasteiger partial charge in [0.05, 0.1) is 33.5 Å². The zero-order chi connectivity index (χ0) is 37.7. The number of rotatable bonds is 6. The highest BCUT2D eigenvalue weighted by molar-refractivity contribution is 6.13. The van der Waals surface area contributed by atoms with Gasteiger partial charge in [-0.1, -0.05) is 146 Å². The molecule has 0 saturated carbocycles. The van der Waals surface area contributed by atoms with E-state index in [0.29, 0.717) is 0 Å². The van der Waals surface area contributed by atoms with Gasteiger partial charge in [0.2, 0.25) is 0 Å². The highest BCUT2D eigenvalue weighted by atomic mass is 15.1. The van der Waals surface area contributed by atoms with Crippen molar-refractivity contribution in [3.63, 3.8) is 0 Å². The molecule has 266 valence electrons. The molecular formula is C53H34N4. The molecule has 0 aliphatic heterocycles. The van der Waals surface area contributed by atoms with Crippen molar-refractivity contribution in [1.82, 2.24) is 19.5 Å². The van der Waals surface area contributed by atoms with Crippen molar-refractivity contribution in [2.45, 2.75) is 0 Å². The van der Waals surface area contributed by atoms with Gasteiger partial charge in [-0.2, -0.15) is 0 Å². The van der Waals surface area contributed by atoms with Crippen LogP contribution < -0.4 is 0 Å². The molecule has 0 bridgehead atoms. The molecule has 0 aliphatic rings. The van der Waals surface area contributed by atoms with E-state index in [2.05, 4.69) is 199 Å². The Balaban J connectivity index is 1.19. The first-order chi connectivity index (χ1) is 28.2. The standard InChI is InChI=1S/C53H34N4/c1-4-16-35(17-5-1)51-52(36-18-6-2-7-19-36)55-48-34-37(28-29-46(48)54-51)40-31-41(50-44-24-12-10-20-38(44)30-39-21-11-13-25-45(39)50)33-42(32-40)53-56-47-26-14-15-27-49(47)57(53)43-22-8-3-9-23-43/h1-34H. The molecule has 0 aliphatic carbocycles. The second kappa shape index (κ2) is 13.6. The minimum atomic E-state index is 0.838. The monoisotopic (exact) mass is 726 g/mol. The number of imidazole rings is 1. The minimum Gasteiger partial charge on any atom is -0.292 e.